The monoisotopic (exact) mass is 239 g/mol. The number of hydrogen-bond donors (Lipinski definition) is 1. The summed E-state index contributed by atoms with van der Waals surface area (Å²) in [6, 6.07) is 0.207. The molecule has 0 amide bonds. The summed E-state index contributed by atoms with van der Waals surface area (Å²) in [6.07, 6.45) is 6.25. The van der Waals surface area contributed by atoms with Crippen LogP contribution in [-0.2, 0) is 6.42 Å². The van der Waals surface area contributed by atoms with Gasteiger partial charge in [0.1, 0.15) is 0 Å². The van der Waals surface area contributed by atoms with E-state index >= 15 is 0 Å². The van der Waals surface area contributed by atoms with Gasteiger partial charge in [-0.15, -0.1) is 11.3 Å². The Labute approximate surface area is 102 Å². The second-order valence-electron chi connectivity index (χ2n) is 4.70. The van der Waals surface area contributed by atoms with Crippen LogP contribution >= 0.6 is 11.3 Å². The first-order chi connectivity index (χ1) is 7.75. The van der Waals surface area contributed by atoms with Gasteiger partial charge in [0.15, 0.2) is 5.13 Å². The normalized spacial score (nSPS) is 19.5. The van der Waals surface area contributed by atoms with Crippen molar-refractivity contribution in [2.24, 2.45) is 5.73 Å². The second-order valence-corrected chi connectivity index (χ2v) is 5.54. The van der Waals surface area contributed by atoms with E-state index in [1.807, 2.05) is 6.92 Å². The molecule has 1 unspecified atom stereocenters. The summed E-state index contributed by atoms with van der Waals surface area (Å²) >= 11 is 1.77. The van der Waals surface area contributed by atoms with E-state index in [1.165, 1.54) is 43.9 Å². The molecule has 0 spiro atoms. The standard InChI is InChI=1S/C12H21N3S/c1-10(13)8-11-9-16-12(14-11)15-6-4-2-3-5-7-15/h9-10H,2-8,13H2,1H3. The van der Waals surface area contributed by atoms with Crippen molar-refractivity contribution in [1.82, 2.24) is 4.98 Å². The predicted molar refractivity (Wildman–Crippen MR) is 70.1 cm³/mol. The van der Waals surface area contributed by atoms with Gasteiger partial charge in [0.05, 0.1) is 5.69 Å². The third-order valence-electron chi connectivity index (χ3n) is 2.95. The topological polar surface area (TPSA) is 42.1 Å². The number of anilines is 1. The molecule has 0 bridgehead atoms. The molecule has 2 heterocycles. The summed E-state index contributed by atoms with van der Waals surface area (Å²) in [5.74, 6) is 0. The van der Waals surface area contributed by atoms with Gasteiger partial charge < -0.3 is 10.6 Å². The van der Waals surface area contributed by atoms with E-state index in [4.69, 9.17) is 5.73 Å². The Hall–Kier alpha value is -0.610. The van der Waals surface area contributed by atoms with Gasteiger partial charge >= 0.3 is 0 Å². The number of nitrogens with zero attached hydrogens (tertiary/aromatic N) is 2. The Morgan fingerprint density at radius 2 is 2.06 bits per heavy atom. The minimum Gasteiger partial charge on any atom is -0.348 e. The zero-order valence-corrected chi connectivity index (χ0v) is 10.8. The molecule has 90 valence electrons. The summed E-state index contributed by atoms with van der Waals surface area (Å²) in [5.41, 5.74) is 6.94. The van der Waals surface area contributed by atoms with Gasteiger partial charge in [-0.25, -0.2) is 4.98 Å². The molecular formula is C12H21N3S. The Kier molecular flexibility index (Phi) is 4.18. The zero-order valence-electron chi connectivity index (χ0n) is 9.98. The third-order valence-corrected chi connectivity index (χ3v) is 3.90. The van der Waals surface area contributed by atoms with Crippen molar-refractivity contribution in [3.63, 3.8) is 0 Å². The van der Waals surface area contributed by atoms with E-state index in [9.17, 15) is 0 Å². The lowest BCUT2D eigenvalue weighted by Gasteiger charge is -2.18. The van der Waals surface area contributed by atoms with E-state index in [1.54, 1.807) is 11.3 Å². The minimum atomic E-state index is 0.207. The molecule has 0 aliphatic carbocycles. The Morgan fingerprint density at radius 3 is 2.69 bits per heavy atom. The molecule has 1 aromatic heterocycles. The summed E-state index contributed by atoms with van der Waals surface area (Å²) in [7, 11) is 0. The zero-order chi connectivity index (χ0) is 11.4. The van der Waals surface area contributed by atoms with E-state index in [-0.39, 0.29) is 6.04 Å². The largest absolute Gasteiger partial charge is 0.348 e. The average molecular weight is 239 g/mol. The van der Waals surface area contributed by atoms with Gasteiger partial charge in [0.25, 0.3) is 0 Å². The third kappa shape index (κ3) is 3.19. The summed E-state index contributed by atoms with van der Waals surface area (Å²) in [5, 5.41) is 3.35. The van der Waals surface area contributed by atoms with Crippen molar-refractivity contribution in [2.75, 3.05) is 18.0 Å². The number of rotatable bonds is 3. The van der Waals surface area contributed by atoms with Crippen LogP contribution in [0.3, 0.4) is 0 Å². The molecule has 2 N–H and O–H groups in total. The van der Waals surface area contributed by atoms with Crippen LogP contribution in [0.5, 0.6) is 0 Å². The molecular weight excluding hydrogens is 218 g/mol. The molecule has 1 saturated heterocycles. The van der Waals surface area contributed by atoms with Crippen LogP contribution in [0.15, 0.2) is 5.38 Å². The number of hydrogen-bond acceptors (Lipinski definition) is 4. The number of aromatic nitrogens is 1. The second kappa shape index (κ2) is 5.64. The molecule has 3 nitrogen and oxygen atoms in total. The summed E-state index contributed by atoms with van der Waals surface area (Å²) in [6.45, 7) is 4.38. The quantitative estimate of drug-likeness (QED) is 0.881. The molecule has 0 saturated carbocycles. The van der Waals surface area contributed by atoms with Crippen molar-refractivity contribution in [3.05, 3.63) is 11.1 Å². The molecule has 0 radical (unpaired) electrons. The fraction of sp³-hybridized carbons (Fsp3) is 0.750. The van der Waals surface area contributed by atoms with Crippen LogP contribution in [0, 0.1) is 0 Å². The van der Waals surface area contributed by atoms with Gasteiger partial charge in [-0.1, -0.05) is 12.8 Å². The first-order valence-electron chi connectivity index (χ1n) is 6.20. The molecule has 2 rings (SSSR count). The molecule has 16 heavy (non-hydrogen) atoms. The highest BCUT2D eigenvalue weighted by Gasteiger charge is 2.13. The molecule has 0 aromatic carbocycles. The van der Waals surface area contributed by atoms with Crippen LogP contribution in [0.1, 0.15) is 38.3 Å². The highest BCUT2D eigenvalue weighted by atomic mass is 32.1. The molecule has 4 heteroatoms. The smallest absolute Gasteiger partial charge is 0.185 e. The number of thiazole rings is 1. The van der Waals surface area contributed by atoms with Gasteiger partial charge in [-0.05, 0) is 19.8 Å². The summed E-state index contributed by atoms with van der Waals surface area (Å²) < 4.78 is 0. The Bertz CT molecular complexity index is 314. The Morgan fingerprint density at radius 1 is 1.38 bits per heavy atom. The van der Waals surface area contributed by atoms with E-state index in [0.29, 0.717) is 0 Å². The van der Waals surface area contributed by atoms with E-state index in [0.717, 1.165) is 12.1 Å². The molecule has 1 aliphatic heterocycles. The SMILES string of the molecule is CC(N)Cc1csc(N2CCCCCC2)n1. The van der Waals surface area contributed by atoms with Gasteiger partial charge in [-0.3, -0.25) is 0 Å². The average Bonchev–Trinajstić information content (AvgIpc) is 2.53. The Balaban J connectivity index is 1.99. The number of nitrogens with two attached hydrogens (primary N) is 1. The lowest BCUT2D eigenvalue weighted by atomic mass is 10.2. The van der Waals surface area contributed by atoms with Crippen LogP contribution < -0.4 is 10.6 Å². The highest BCUT2D eigenvalue weighted by Crippen LogP contribution is 2.24. The molecule has 1 atom stereocenters. The molecule has 1 aromatic rings. The van der Waals surface area contributed by atoms with Crippen molar-refractivity contribution in [3.8, 4) is 0 Å². The van der Waals surface area contributed by atoms with Gasteiger partial charge in [0, 0.05) is 30.9 Å². The highest BCUT2D eigenvalue weighted by molar-refractivity contribution is 7.13. The minimum absolute atomic E-state index is 0.207. The maximum Gasteiger partial charge on any atom is 0.185 e. The van der Waals surface area contributed by atoms with E-state index in [2.05, 4.69) is 15.3 Å². The van der Waals surface area contributed by atoms with Crippen molar-refractivity contribution < 1.29 is 0 Å². The van der Waals surface area contributed by atoms with Gasteiger partial charge in [-0.2, -0.15) is 0 Å². The fourth-order valence-corrected chi connectivity index (χ4v) is 3.02. The molecule has 1 aliphatic rings. The van der Waals surface area contributed by atoms with Crippen LogP contribution in [0.4, 0.5) is 5.13 Å². The van der Waals surface area contributed by atoms with Crippen LogP contribution in [0.25, 0.3) is 0 Å². The van der Waals surface area contributed by atoms with Crippen molar-refractivity contribution >= 4 is 16.5 Å². The fourth-order valence-electron chi connectivity index (χ4n) is 2.13. The summed E-state index contributed by atoms with van der Waals surface area (Å²) in [4.78, 5) is 7.11. The maximum absolute atomic E-state index is 5.79. The van der Waals surface area contributed by atoms with Crippen LogP contribution in [-0.4, -0.2) is 24.1 Å². The maximum atomic E-state index is 5.79. The van der Waals surface area contributed by atoms with E-state index < -0.39 is 0 Å². The van der Waals surface area contributed by atoms with Crippen LogP contribution in [0.2, 0.25) is 0 Å². The lowest BCUT2D eigenvalue weighted by molar-refractivity contribution is 0.721. The van der Waals surface area contributed by atoms with Crippen molar-refractivity contribution in [1.29, 1.82) is 0 Å². The van der Waals surface area contributed by atoms with Crippen molar-refractivity contribution in [2.45, 2.75) is 45.1 Å². The lowest BCUT2D eigenvalue weighted by Crippen LogP contribution is -2.24. The predicted octanol–water partition coefficient (Wildman–Crippen LogP) is 2.41. The van der Waals surface area contributed by atoms with Gasteiger partial charge in [0.2, 0.25) is 0 Å². The first kappa shape index (κ1) is 11.9. The molecule has 1 fully saturated rings. The first-order valence-corrected chi connectivity index (χ1v) is 7.08.